The van der Waals surface area contributed by atoms with Gasteiger partial charge in [0.15, 0.2) is 0 Å². The number of carbonyl (C=O) groups excluding carboxylic acids is 2. The van der Waals surface area contributed by atoms with E-state index in [4.69, 9.17) is 0 Å². The standard InChI is InChI=1S/C9H9BrN2O3S/c10-6-1-5(2-11-3-6)8(13)12-7(4-16)9(14)15/h1-3,7,16H,4H2,(H,12,13)(H,14,15)/p-1/t7-/m0/s1. The Labute approximate surface area is 106 Å². The molecule has 0 aromatic carbocycles. The van der Waals surface area contributed by atoms with Crippen LogP contribution in [-0.4, -0.2) is 28.7 Å². The molecule has 16 heavy (non-hydrogen) atoms. The zero-order chi connectivity index (χ0) is 12.1. The van der Waals surface area contributed by atoms with Crippen LogP contribution in [0.5, 0.6) is 0 Å². The highest BCUT2D eigenvalue weighted by atomic mass is 79.9. The van der Waals surface area contributed by atoms with Crippen molar-refractivity contribution in [2.24, 2.45) is 0 Å². The fourth-order valence-electron chi connectivity index (χ4n) is 0.957. The number of aliphatic carboxylic acids is 1. The normalized spacial score (nSPS) is 11.9. The first-order valence-corrected chi connectivity index (χ1v) is 5.70. The topological polar surface area (TPSA) is 82.1 Å². The Hall–Kier alpha value is -1.08. The minimum Gasteiger partial charge on any atom is -0.548 e. The molecular formula is C9H8BrN2O3S-. The molecule has 1 amide bonds. The molecule has 1 aromatic rings. The average Bonchev–Trinajstić information content (AvgIpc) is 2.25. The highest BCUT2D eigenvalue weighted by Gasteiger charge is 2.13. The summed E-state index contributed by atoms with van der Waals surface area (Å²) >= 11 is 6.96. The molecule has 86 valence electrons. The number of nitrogens with zero attached hydrogens (tertiary/aromatic N) is 1. The Morgan fingerprint density at radius 3 is 2.75 bits per heavy atom. The number of halogens is 1. The number of thiol groups is 1. The molecule has 0 saturated heterocycles. The number of rotatable bonds is 4. The van der Waals surface area contributed by atoms with Crippen LogP contribution in [0.3, 0.4) is 0 Å². The Balaban J connectivity index is 2.75. The molecule has 0 fully saturated rings. The third-order valence-electron chi connectivity index (χ3n) is 1.74. The van der Waals surface area contributed by atoms with Gasteiger partial charge in [-0.3, -0.25) is 9.78 Å². The fraction of sp³-hybridized carbons (Fsp3) is 0.222. The summed E-state index contributed by atoms with van der Waals surface area (Å²) in [7, 11) is 0. The van der Waals surface area contributed by atoms with E-state index < -0.39 is 17.9 Å². The number of carboxylic acids is 1. The number of pyridine rings is 1. The van der Waals surface area contributed by atoms with E-state index in [9.17, 15) is 14.7 Å². The summed E-state index contributed by atoms with van der Waals surface area (Å²) in [5.41, 5.74) is 0.266. The monoisotopic (exact) mass is 303 g/mol. The number of carboxylic acid groups (broad SMARTS) is 1. The lowest BCUT2D eigenvalue weighted by Gasteiger charge is -2.17. The van der Waals surface area contributed by atoms with Gasteiger partial charge in [0, 0.05) is 22.6 Å². The van der Waals surface area contributed by atoms with Crippen LogP contribution in [0.25, 0.3) is 0 Å². The van der Waals surface area contributed by atoms with Crippen molar-refractivity contribution in [1.82, 2.24) is 10.3 Å². The van der Waals surface area contributed by atoms with Crippen LogP contribution in [-0.2, 0) is 4.79 Å². The second kappa shape index (κ2) is 5.86. The number of hydrogen-bond acceptors (Lipinski definition) is 5. The van der Waals surface area contributed by atoms with Crippen molar-refractivity contribution in [3.8, 4) is 0 Å². The predicted molar refractivity (Wildman–Crippen MR) is 62.1 cm³/mol. The number of carbonyl (C=O) groups is 2. The van der Waals surface area contributed by atoms with Gasteiger partial charge in [0.25, 0.3) is 5.91 Å². The van der Waals surface area contributed by atoms with E-state index in [2.05, 4.69) is 38.9 Å². The van der Waals surface area contributed by atoms with Crippen LogP contribution in [0.1, 0.15) is 10.4 Å². The molecule has 1 N–H and O–H groups in total. The molecule has 7 heteroatoms. The molecule has 1 rings (SSSR count). The molecule has 1 aromatic heterocycles. The van der Waals surface area contributed by atoms with Gasteiger partial charge in [-0.05, 0) is 22.0 Å². The Kier molecular flexibility index (Phi) is 4.75. The molecule has 0 saturated carbocycles. The van der Waals surface area contributed by atoms with Crippen molar-refractivity contribution < 1.29 is 14.7 Å². The molecule has 0 aliphatic rings. The van der Waals surface area contributed by atoms with E-state index in [0.717, 1.165) is 0 Å². The van der Waals surface area contributed by atoms with Crippen LogP contribution in [0.4, 0.5) is 0 Å². The molecular weight excluding hydrogens is 296 g/mol. The summed E-state index contributed by atoms with van der Waals surface area (Å²) in [6.45, 7) is 0. The van der Waals surface area contributed by atoms with Crippen LogP contribution >= 0.6 is 28.6 Å². The first kappa shape index (κ1) is 13.0. The van der Waals surface area contributed by atoms with E-state index in [-0.39, 0.29) is 11.3 Å². The van der Waals surface area contributed by atoms with E-state index in [1.54, 1.807) is 0 Å². The molecule has 0 unspecified atom stereocenters. The maximum absolute atomic E-state index is 11.6. The lowest BCUT2D eigenvalue weighted by Crippen LogP contribution is -2.49. The highest BCUT2D eigenvalue weighted by molar-refractivity contribution is 9.10. The van der Waals surface area contributed by atoms with Gasteiger partial charge in [-0.1, -0.05) is 0 Å². The first-order chi connectivity index (χ1) is 7.54. The van der Waals surface area contributed by atoms with Crippen LogP contribution < -0.4 is 10.4 Å². The van der Waals surface area contributed by atoms with Gasteiger partial charge in [0.1, 0.15) is 0 Å². The smallest absolute Gasteiger partial charge is 0.253 e. The van der Waals surface area contributed by atoms with Crippen molar-refractivity contribution in [3.05, 3.63) is 28.5 Å². The number of aromatic nitrogens is 1. The summed E-state index contributed by atoms with van der Waals surface area (Å²) in [5, 5.41) is 12.8. The zero-order valence-electron chi connectivity index (χ0n) is 8.01. The average molecular weight is 304 g/mol. The zero-order valence-corrected chi connectivity index (χ0v) is 10.5. The molecule has 1 heterocycles. The van der Waals surface area contributed by atoms with Gasteiger partial charge in [-0.25, -0.2) is 0 Å². The van der Waals surface area contributed by atoms with Crippen molar-refractivity contribution in [2.75, 3.05) is 5.75 Å². The van der Waals surface area contributed by atoms with Gasteiger partial charge in [-0.15, -0.1) is 0 Å². The minimum atomic E-state index is -1.37. The van der Waals surface area contributed by atoms with E-state index in [0.29, 0.717) is 4.47 Å². The predicted octanol–water partition coefficient (Wildman–Crippen LogP) is -0.378. The van der Waals surface area contributed by atoms with Crippen molar-refractivity contribution in [1.29, 1.82) is 0 Å². The third kappa shape index (κ3) is 3.49. The number of amides is 1. The number of nitrogens with one attached hydrogen (secondary N) is 1. The molecule has 0 radical (unpaired) electrons. The van der Waals surface area contributed by atoms with E-state index in [1.807, 2.05) is 0 Å². The molecule has 5 nitrogen and oxygen atoms in total. The molecule has 0 bridgehead atoms. The quantitative estimate of drug-likeness (QED) is 0.743. The third-order valence-corrected chi connectivity index (χ3v) is 2.54. The van der Waals surface area contributed by atoms with Crippen molar-refractivity contribution in [3.63, 3.8) is 0 Å². The van der Waals surface area contributed by atoms with Gasteiger partial charge in [0.2, 0.25) is 0 Å². The second-order valence-electron chi connectivity index (χ2n) is 2.92. The number of hydrogen-bond donors (Lipinski definition) is 2. The van der Waals surface area contributed by atoms with E-state index in [1.165, 1.54) is 18.5 Å². The van der Waals surface area contributed by atoms with Gasteiger partial charge in [0.05, 0.1) is 17.6 Å². The van der Waals surface area contributed by atoms with Crippen molar-refractivity contribution in [2.45, 2.75) is 6.04 Å². The Morgan fingerprint density at radius 1 is 1.56 bits per heavy atom. The van der Waals surface area contributed by atoms with Gasteiger partial charge < -0.3 is 15.2 Å². The maximum atomic E-state index is 11.6. The summed E-state index contributed by atoms with van der Waals surface area (Å²) in [6, 6.07) is 0.419. The lowest BCUT2D eigenvalue weighted by molar-refractivity contribution is -0.307. The first-order valence-electron chi connectivity index (χ1n) is 4.27. The van der Waals surface area contributed by atoms with Crippen LogP contribution in [0, 0.1) is 0 Å². The van der Waals surface area contributed by atoms with Crippen LogP contribution in [0.2, 0.25) is 0 Å². The second-order valence-corrected chi connectivity index (χ2v) is 4.20. The minimum absolute atomic E-state index is 0.0322. The Morgan fingerprint density at radius 2 is 2.25 bits per heavy atom. The summed E-state index contributed by atoms with van der Waals surface area (Å²) < 4.78 is 0.635. The molecule has 1 atom stereocenters. The molecule has 0 spiro atoms. The molecule has 0 aliphatic carbocycles. The van der Waals surface area contributed by atoms with Gasteiger partial charge >= 0.3 is 0 Å². The summed E-state index contributed by atoms with van der Waals surface area (Å²) in [4.78, 5) is 25.9. The Bertz CT molecular complexity index is 413. The van der Waals surface area contributed by atoms with Gasteiger partial charge in [-0.2, -0.15) is 12.6 Å². The van der Waals surface area contributed by atoms with Crippen LogP contribution in [0.15, 0.2) is 22.9 Å². The maximum Gasteiger partial charge on any atom is 0.253 e. The lowest BCUT2D eigenvalue weighted by atomic mass is 10.2. The summed E-state index contributed by atoms with van der Waals surface area (Å²) in [6.07, 6.45) is 2.86. The van der Waals surface area contributed by atoms with E-state index >= 15 is 0 Å². The highest BCUT2D eigenvalue weighted by Crippen LogP contribution is 2.09. The summed E-state index contributed by atoms with van der Waals surface area (Å²) in [5.74, 6) is -1.93. The largest absolute Gasteiger partial charge is 0.548 e. The molecule has 0 aliphatic heterocycles. The fourth-order valence-corrected chi connectivity index (χ4v) is 1.56. The van der Waals surface area contributed by atoms with Crippen molar-refractivity contribution >= 4 is 40.4 Å². The SMILES string of the molecule is O=C(N[C@@H](CS)C(=O)[O-])c1cncc(Br)c1.